The molecule has 0 radical (unpaired) electrons. The molecule has 0 amide bonds. The number of hydrogen-bond donors (Lipinski definition) is 1. The van der Waals surface area contributed by atoms with E-state index in [9.17, 15) is 5.11 Å². The first kappa shape index (κ1) is 11.7. The van der Waals surface area contributed by atoms with Crippen LogP contribution in [0.15, 0.2) is 0 Å². The molecular formula is C12H23NOS. The van der Waals surface area contributed by atoms with Gasteiger partial charge in [0.2, 0.25) is 0 Å². The van der Waals surface area contributed by atoms with Gasteiger partial charge >= 0.3 is 0 Å². The third-order valence-electron chi connectivity index (χ3n) is 3.91. The van der Waals surface area contributed by atoms with Gasteiger partial charge in [0.15, 0.2) is 0 Å². The fourth-order valence-electron chi connectivity index (χ4n) is 2.90. The van der Waals surface area contributed by atoms with Crippen LogP contribution in [0.1, 0.15) is 32.1 Å². The zero-order valence-corrected chi connectivity index (χ0v) is 10.4. The third-order valence-corrected chi connectivity index (χ3v) is 4.85. The van der Waals surface area contributed by atoms with Crippen LogP contribution in [0.5, 0.6) is 0 Å². The third kappa shape index (κ3) is 3.11. The Morgan fingerprint density at radius 3 is 2.33 bits per heavy atom. The van der Waals surface area contributed by atoms with Gasteiger partial charge in [-0.25, -0.2) is 0 Å². The minimum absolute atomic E-state index is 0.250. The van der Waals surface area contributed by atoms with Gasteiger partial charge in [-0.15, -0.1) is 0 Å². The maximum atomic E-state index is 9.64. The van der Waals surface area contributed by atoms with Gasteiger partial charge < -0.3 is 10.0 Å². The monoisotopic (exact) mass is 229 g/mol. The highest BCUT2D eigenvalue weighted by atomic mass is 32.2. The van der Waals surface area contributed by atoms with Gasteiger partial charge in [0.1, 0.15) is 0 Å². The molecule has 88 valence electrons. The normalized spacial score (nSPS) is 27.8. The van der Waals surface area contributed by atoms with E-state index in [1.807, 2.05) is 0 Å². The molecule has 15 heavy (non-hydrogen) atoms. The second kappa shape index (κ2) is 5.55. The molecule has 0 atom stereocenters. The van der Waals surface area contributed by atoms with E-state index >= 15 is 0 Å². The summed E-state index contributed by atoms with van der Waals surface area (Å²) in [7, 11) is 0. The number of thioether (sulfide) groups is 1. The van der Waals surface area contributed by atoms with Crippen LogP contribution in [-0.4, -0.2) is 47.8 Å². The van der Waals surface area contributed by atoms with Crippen molar-refractivity contribution in [2.75, 3.05) is 37.7 Å². The summed E-state index contributed by atoms with van der Waals surface area (Å²) in [5.41, 5.74) is 0.250. The van der Waals surface area contributed by atoms with E-state index in [1.54, 1.807) is 0 Å². The lowest BCUT2D eigenvalue weighted by molar-refractivity contribution is 0.0436. The summed E-state index contributed by atoms with van der Waals surface area (Å²) in [6, 6.07) is 0. The first-order chi connectivity index (χ1) is 7.35. The summed E-state index contributed by atoms with van der Waals surface area (Å²) >= 11 is 2.06. The Hall–Kier alpha value is 0.270. The second-order valence-corrected chi connectivity index (χ2v) is 6.33. The summed E-state index contributed by atoms with van der Waals surface area (Å²) in [5, 5.41) is 9.64. The van der Waals surface area contributed by atoms with Crippen LogP contribution in [0, 0.1) is 5.41 Å². The lowest BCUT2D eigenvalue weighted by Gasteiger charge is -2.41. The minimum atomic E-state index is 0.250. The fraction of sp³-hybridized carbons (Fsp3) is 1.00. The van der Waals surface area contributed by atoms with Crippen LogP contribution in [0.4, 0.5) is 0 Å². The maximum absolute atomic E-state index is 9.64. The predicted octanol–water partition coefficient (Wildman–Crippen LogP) is 1.98. The smallest absolute Gasteiger partial charge is 0.0499 e. The van der Waals surface area contributed by atoms with Crippen LogP contribution >= 0.6 is 11.8 Å². The number of nitrogens with zero attached hydrogens (tertiary/aromatic N) is 1. The fourth-order valence-corrected chi connectivity index (χ4v) is 3.88. The largest absolute Gasteiger partial charge is 0.396 e. The number of aliphatic hydroxyl groups excluding tert-OH is 1. The SMILES string of the molecule is OCC1(CN2CCSCC2)CCCCC1. The summed E-state index contributed by atoms with van der Waals surface area (Å²) in [6.45, 7) is 4.00. The first-order valence-corrected chi connectivity index (χ1v) is 7.41. The average Bonchev–Trinajstić information content (AvgIpc) is 2.32. The van der Waals surface area contributed by atoms with Crippen molar-refractivity contribution in [3.63, 3.8) is 0 Å². The highest BCUT2D eigenvalue weighted by molar-refractivity contribution is 7.99. The highest BCUT2D eigenvalue weighted by Gasteiger charge is 2.33. The van der Waals surface area contributed by atoms with Gasteiger partial charge in [-0.3, -0.25) is 0 Å². The number of hydrogen-bond acceptors (Lipinski definition) is 3. The van der Waals surface area contributed by atoms with Crippen molar-refractivity contribution in [3.8, 4) is 0 Å². The van der Waals surface area contributed by atoms with E-state index < -0.39 is 0 Å². The molecule has 1 aliphatic carbocycles. The standard InChI is InChI=1S/C12H23NOS/c14-11-12(4-2-1-3-5-12)10-13-6-8-15-9-7-13/h14H,1-11H2. The predicted molar refractivity (Wildman–Crippen MR) is 66.4 cm³/mol. The molecule has 0 aromatic rings. The first-order valence-electron chi connectivity index (χ1n) is 6.26. The van der Waals surface area contributed by atoms with E-state index in [-0.39, 0.29) is 5.41 Å². The lowest BCUT2D eigenvalue weighted by atomic mass is 9.74. The van der Waals surface area contributed by atoms with Gasteiger partial charge in [-0.05, 0) is 12.8 Å². The molecular weight excluding hydrogens is 206 g/mol. The highest BCUT2D eigenvalue weighted by Crippen LogP contribution is 2.36. The molecule has 1 N–H and O–H groups in total. The molecule has 1 aliphatic heterocycles. The molecule has 0 aromatic carbocycles. The van der Waals surface area contributed by atoms with Crippen molar-refractivity contribution in [1.29, 1.82) is 0 Å². The van der Waals surface area contributed by atoms with Crippen LogP contribution in [0.2, 0.25) is 0 Å². The van der Waals surface area contributed by atoms with Gasteiger partial charge in [-0.2, -0.15) is 11.8 Å². The summed E-state index contributed by atoms with van der Waals surface area (Å²) < 4.78 is 0. The molecule has 1 saturated heterocycles. The zero-order chi connectivity index (χ0) is 10.6. The van der Waals surface area contributed by atoms with Crippen molar-refractivity contribution in [3.05, 3.63) is 0 Å². The molecule has 2 rings (SSSR count). The Bertz CT molecular complexity index is 186. The second-order valence-electron chi connectivity index (χ2n) is 5.11. The van der Waals surface area contributed by atoms with Crippen LogP contribution in [-0.2, 0) is 0 Å². The van der Waals surface area contributed by atoms with Crippen LogP contribution < -0.4 is 0 Å². The maximum Gasteiger partial charge on any atom is 0.0499 e. The molecule has 1 saturated carbocycles. The lowest BCUT2D eigenvalue weighted by Crippen LogP contribution is -2.44. The van der Waals surface area contributed by atoms with Crippen molar-refractivity contribution in [1.82, 2.24) is 4.90 Å². The Morgan fingerprint density at radius 2 is 1.73 bits per heavy atom. The molecule has 1 heterocycles. The Morgan fingerprint density at radius 1 is 1.07 bits per heavy atom. The minimum Gasteiger partial charge on any atom is -0.396 e. The van der Waals surface area contributed by atoms with Gasteiger partial charge in [0.25, 0.3) is 0 Å². The van der Waals surface area contributed by atoms with E-state index in [0.717, 1.165) is 6.54 Å². The van der Waals surface area contributed by atoms with Gasteiger partial charge in [0, 0.05) is 43.2 Å². The Labute approximate surface area is 97.4 Å². The quantitative estimate of drug-likeness (QED) is 0.800. The summed E-state index contributed by atoms with van der Waals surface area (Å²) in [6.07, 6.45) is 6.50. The molecule has 0 bridgehead atoms. The van der Waals surface area contributed by atoms with Crippen molar-refractivity contribution >= 4 is 11.8 Å². The van der Waals surface area contributed by atoms with Crippen LogP contribution in [0.25, 0.3) is 0 Å². The van der Waals surface area contributed by atoms with E-state index in [2.05, 4.69) is 16.7 Å². The molecule has 0 aromatic heterocycles. The van der Waals surface area contributed by atoms with Gasteiger partial charge in [-0.1, -0.05) is 19.3 Å². The topological polar surface area (TPSA) is 23.5 Å². The number of aliphatic hydroxyl groups is 1. The van der Waals surface area contributed by atoms with Crippen molar-refractivity contribution < 1.29 is 5.11 Å². The Balaban J connectivity index is 1.87. The molecule has 0 unspecified atom stereocenters. The zero-order valence-electron chi connectivity index (χ0n) is 9.58. The molecule has 3 heteroatoms. The summed E-state index contributed by atoms with van der Waals surface area (Å²) in [5.74, 6) is 2.56. The van der Waals surface area contributed by atoms with Crippen molar-refractivity contribution in [2.45, 2.75) is 32.1 Å². The number of rotatable bonds is 3. The van der Waals surface area contributed by atoms with E-state index in [1.165, 1.54) is 56.7 Å². The van der Waals surface area contributed by atoms with Gasteiger partial charge in [0.05, 0.1) is 0 Å². The Kier molecular flexibility index (Phi) is 4.35. The summed E-state index contributed by atoms with van der Waals surface area (Å²) in [4.78, 5) is 2.57. The molecule has 2 aliphatic rings. The molecule has 2 nitrogen and oxygen atoms in total. The average molecular weight is 229 g/mol. The molecule has 0 spiro atoms. The van der Waals surface area contributed by atoms with E-state index in [4.69, 9.17) is 0 Å². The molecule has 2 fully saturated rings. The van der Waals surface area contributed by atoms with Crippen molar-refractivity contribution in [2.24, 2.45) is 5.41 Å². The van der Waals surface area contributed by atoms with Crippen LogP contribution in [0.3, 0.4) is 0 Å². The van der Waals surface area contributed by atoms with E-state index in [0.29, 0.717) is 6.61 Å².